The molecule has 9 heteroatoms. The van der Waals surface area contributed by atoms with Gasteiger partial charge in [-0.3, -0.25) is 9.78 Å². The molecule has 0 fully saturated rings. The number of carbonyl (C=O) groups excluding carboxylic acids is 2. The van der Waals surface area contributed by atoms with Crippen molar-refractivity contribution in [2.45, 2.75) is 4.90 Å². The first-order valence-electron chi connectivity index (χ1n) is 7.20. The number of pyridine rings is 1. The van der Waals surface area contributed by atoms with Crippen molar-refractivity contribution in [3.8, 4) is 0 Å². The van der Waals surface area contributed by atoms with Crippen molar-refractivity contribution in [2.75, 3.05) is 26.0 Å². The molecule has 0 saturated heterocycles. The highest BCUT2D eigenvalue weighted by Gasteiger charge is 2.18. The van der Waals surface area contributed by atoms with E-state index in [0.717, 1.165) is 4.31 Å². The molecule has 0 bridgehead atoms. The van der Waals surface area contributed by atoms with Crippen molar-refractivity contribution >= 4 is 27.6 Å². The molecule has 132 valence electrons. The molecule has 25 heavy (non-hydrogen) atoms. The maximum atomic E-state index is 12.1. The predicted molar refractivity (Wildman–Crippen MR) is 90.5 cm³/mol. The molecular formula is C16H17N3O5S. The van der Waals surface area contributed by atoms with Crippen molar-refractivity contribution in [1.82, 2.24) is 9.29 Å². The van der Waals surface area contributed by atoms with Gasteiger partial charge in [0.2, 0.25) is 10.0 Å². The van der Waals surface area contributed by atoms with Gasteiger partial charge in [0.25, 0.3) is 5.91 Å². The lowest BCUT2D eigenvalue weighted by molar-refractivity contribution is -0.119. The van der Waals surface area contributed by atoms with Crippen LogP contribution in [0.25, 0.3) is 0 Å². The number of nitrogens with one attached hydrogen (secondary N) is 1. The molecule has 0 radical (unpaired) electrons. The Kier molecular flexibility index (Phi) is 5.84. The van der Waals surface area contributed by atoms with Crippen LogP contribution in [-0.2, 0) is 19.6 Å². The van der Waals surface area contributed by atoms with Gasteiger partial charge in [-0.2, -0.15) is 0 Å². The first-order valence-corrected chi connectivity index (χ1v) is 8.64. The normalized spacial score (nSPS) is 11.2. The second-order valence-electron chi connectivity index (χ2n) is 5.18. The predicted octanol–water partition coefficient (Wildman–Crippen LogP) is 1.13. The summed E-state index contributed by atoms with van der Waals surface area (Å²) < 4.78 is 30.1. The van der Waals surface area contributed by atoms with Crippen LogP contribution in [0, 0.1) is 0 Å². The summed E-state index contributed by atoms with van der Waals surface area (Å²) in [6, 6.07) is 8.89. The number of aromatic nitrogens is 1. The highest BCUT2D eigenvalue weighted by Crippen LogP contribution is 2.17. The van der Waals surface area contributed by atoms with Gasteiger partial charge in [0.15, 0.2) is 6.61 Å². The van der Waals surface area contributed by atoms with Crippen LogP contribution < -0.4 is 5.32 Å². The first-order chi connectivity index (χ1) is 11.8. The minimum atomic E-state index is -3.61. The molecule has 2 aromatic rings. The highest BCUT2D eigenvalue weighted by molar-refractivity contribution is 7.89. The first kappa shape index (κ1) is 18.6. The number of nitrogens with zero attached hydrogens (tertiary/aromatic N) is 2. The van der Waals surface area contributed by atoms with Gasteiger partial charge in [-0.1, -0.05) is 6.07 Å². The summed E-state index contributed by atoms with van der Waals surface area (Å²) in [6.45, 7) is -0.502. The Hall–Kier alpha value is -2.78. The Labute approximate surface area is 145 Å². The zero-order valence-corrected chi connectivity index (χ0v) is 14.5. The third-order valence-electron chi connectivity index (χ3n) is 3.13. The summed E-state index contributed by atoms with van der Waals surface area (Å²) in [5, 5.41) is 2.49. The summed E-state index contributed by atoms with van der Waals surface area (Å²) in [4.78, 5) is 27.4. The van der Waals surface area contributed by atoms with Gasteiger partial charge in [-0.15, -0.1) is 0 Å². The van der Waals surface area contributed by atoms with E-state index in [1.165, 1.54) is 56.8 Å². The number of hydrogen-bond acceptors (Lipinski definition) is 6. The van der Waals surface area contributed by atoms with Gasteiger partial charge in [-0.25, -0.2) is 17.5 Å². The molecular weight excluding hydrogens is 346 g/mol. The molecule has 1 aromatic carbocycles. The zero-order valence-electron chi connectivity index (χ0n) is 13.7. The number of ether oxygens (including phenoxy) is 1. The number of esters is 1. The minimum absolute atomic E-state index is 0.0441. The molecule has 0 unspecified atom stereocenters. The molecule has 8 nitrogen and oxygen atoms in total. The number of amides is 1. The molecule has 0 spiro atoms. The fraction of sp³-hybridized carbons (Fsp3) is 0.188. The molecule has 1 amide bonds. The molecule has 0 aliphatic rings. The minimum Gasteiger partial charge on any atom is -0.452 e. The van der Waals surface area contributed by atoms with Crippen molar-refractivity contribution in [2.24, 2.45) is 0 Å². The van der Waals surface area contributed by atoms with Crippen LogP contribution in [0.5, 0.6) is 0 Å². The van der Waals surface area contributed by atoms with Crippen LogP contribution in [0.3, 0.4) is 0 Å². The van der Waals surface area contributed by atoms with E-state index in [9.17, 15) is 18.0 Å². The third kappa shape index (κ3) is 4.85. The van der Waals surface area contributed by atoms with Gasteiger partial charge in [0.1, 0.15) is 0 Å². The van der Waals surface area contributed by atoms with E-state index in [1.807, 2.05) is 0 Å². The van der Waals surface area contributed by atoms with Crippen LogP contribution in [0.15, 0.2) is 53.7 Å². The lowest BCUT2D eigenvalue weighted by Crippen LogP contribution is -2.23. The monoisotopic (exact) mass is 363 g/mol. The van der Waals surface area contributed by atoms with Crippen LogP contribution in [0.1, 0.15) is 10.4 Å². The van der Waals surface area contributed by atoms with E-state index >= 15 is 0 Å². The second-order valence-corrected chi connectivity index (χ2v) is 7.33. The van der Waals surface area contributed by atoms with Gasteiger partial charge in [-0.05, 0) is 30.3 Å². The quantitative estimate of drug-likeness (QED) is 0.771. The van der Waals surface area contributed by atoms with Crippen LogP contribution in [-0.4, -0.2) is 50.3 Å². The standard InChI is InChI=1S/C16H17N3O5S/c1-19(2)25(22,23)14-7-3-6-13(9-14)18-15(20)11-24-16(21)12-5-4-8-17-10-12/h3-10H,11H2,1-2H3,(H,18,20). The summed E-state index contributed by atoms with van der Waals surface area (Å²) in [5.74, 6) is -1.26. The van der Waals surface area contributed by atoms with E-state index < -0.39 is 28.5 Å². The van der Waals surface area contributed by atoms with Crippen LogP contribution >= 0.6 is 0 Å². The average molecular weight is 363 g/mol. The molecule has 2 rings (SSSR count). The van der Waals surface area contributed by atoms with E-state index in [-0.39, 0.29) is 16.1 Å². The third-order valence-corrected chi connectivity index (χ3v) is 4.94. The molecule has 0 aliphatic heterocycles. The molecule has 0 saturated carbocycles. The number of anilines is 1. The fourth-order valence-electron chi connectivity index (χ4n) is 1.84. The van der Waals surface area contributed by atoms with Gasteiger partial charge < -0.3 is 10.1 Å². The summed E-state index contributed by atoms with van der Waals surface area (Å²) in [5.41, 5.74) is 0.514. The van der Waals surface area contributed by atoms with Crippen LogP contribution in [0.2, 0.25) is 0 Å². The second kappa shape index (κ2) is 7.86. The number of benzene rings is 1. The maximum Gasteiger partial charge on any atom is 0.340 e. The summed E-state index contributed by atoms with van der Waals surface area (Å²) >= 11 is 0. The van der Waals surface area contributed by atoms with Gasteiger partial charge in [0.05, 0.1) is 10.5 Å². The van der Waals surface area contributed by atoms with Crippen molar-refractivity contribution < 1.29 is 22.7 Å². The number of rotatable bonds is 6. The summed E-state index contributed by atoms with van der Waals surface area (Å²) in [6.07, 6.45) is 2.84. The molecule has 1 aromatic heterocycles. The number of carbonyl (C=O) groups is 2. The Morgan fingerprint density at radius 3 is 2.60 bits per heavy atom. The average Bonchev–Trinajstić information content (AvgIpc) is 2.60. The maximum absolute atomic E-state index is 12.1. The Morgan fingerprint density at radius 1 is 1.20 bits per heavy atom. The van der Waals surface area contributed by atoms with E-state index in [2.05, 4.69) is 10.3 Å². The fourth-order valence-corrected chi connectivity index (χ4v) is 2.79. The van der Waals surface area contributed by atoms with Gasteiger partial charge >= 0.3 is 5.97 Å². The van der Waals surface area contributed by atoms with E-state index in [1.54, 1.807) is 6.07 Å². The largest absolute Gasteiger partial charge is 0.452 e. The number of hydrogen-bond donors (Lipinski definition) is 1. The van der Waals surface area contributed by atoms with Crippen molar-refractivity contribution in [3.63, 3.8) is 0 Å². The molecule has 1 N–H and O–H groups in total. The van der Waals surface area contributed by atoms with E-state index in [4.69, 9.17) is 4.74 Å². The lowest BCUT2D eigenvalue weighted by Gasteiger charge is -2.12. The topological polar surface area (TPSA) is 106 Å². The zero-order chi connectivity index (χ0) is 18.4. The SMILES string of the molecule is CN(C)S(=O)(=O)c1cccc(NC(=O)COC(=O)c2cccnc2)c1. The van der Waals surface area contributed by atoms with Crippen molar-refractivity contribution in [3.05, 3.63) is 54.4 Å². The van der Waals surface area contributed by atoms with Gasteiger partial charge in [0, 0.05) is 32.2 Å². The smallest absolute Gasteiger partial charge is 0.340 e. The summed E-state index contributed by atoms with van der Waals surface area (Å²) in [7, 11) is -0.777. The highest BCUT2D eigenvalue weighted by atomic mass is 32.2. The lowest BCUT2D eigenvalue weighted by atomic mass is 10.3. The van der Waals surface area contributed by atoms with Crippen molar-refractivity contribution in [1.29, 1.82) is 0 Å². The molecule has 1 heterocycles. The van der Waals surface area contributed by atoms with E-state index in [0.29, 0.717) is 0 Å². The van der Waals surface area contributed by atoms with Crippen LogP contribution in [0.4, 0.5) is 5.69 Å². The molecule has 0 aliphatic carbocycles. The Balaban J connectivity index is 1.98. The molecule has 0 atom stereocenters. The number of sulfonamides is 1. The Morgan fingerprint density at radius 2 is 1.96 bits per heavy atom. The Bertz CT molecular complexity index is 866.